The second-order valence-corrected chi connectivity index (χ2v) is 4.60. The van der Waals surface area contributed by atoms with E-state index >= 15 is 0 Å². The molecular weight excluding hydrogens is 220 g/mol. The Balaban J connectivity index is 1.87. The Bertz CT molecular complexity index is 719. The summed E-state index contributed by atoms with van der Waals surface area (Å²) in [6, 6.07) is 16.6. The van der Waals surface area contributed by atoms with Crippen molar-refractivity contribution < 1.29 is 0 Å². The SMILES string of the molecule is C1=CC(c2nc3ccccc3[nH]2)c2ccccc21. The van der Waals surface area contributed by atoms with Crippen molar-refractivity contribution in [3.05, 3.63) is 71.6 Å². The first-order valence-electron chi connectivity index (χ1n) is 6.13. The lowest BCUT2D eigenvalue weighted by atomic mass is 10.0. The minimum Gasteiger partial charge on any atom is -0.341 e. The van der Waals surface area contributed by atoms with Gasteiger partial charge in [-0.05, 0) is 23.3 Å². The van der Waals surface area contributed by atoms with E-state index in [4.69, 9.17) is 0 Å². The molecule has 0 aliphatic heterocycles. The first-order chi connectivity index (χ1) is 8.92. The average Bonchev–Trinajstić information content (AvgIpc) is 3.02. The van der Waals surface area contributed by atoms with Gasteiger partial charge >= 0.3 is 0 Å². The van der Waals surface area contributed by atoms with Crippen LogP contribution in [-0.2, 0) is 0 Å². The number of hydrogen-bond donors (Lipinski definition) is 1. The predicted molar refractivity (Wildman–Crippen MR) is 73.4 cm³/mol. The van der Waals surface area contributed by atoms with Gasteiger partial charge in [-0.25, -0.2) is 4.98 Å². The second kappa shape index (κ2) is 3.57. The highest BCUT2D eigenvalue weighted by Crippen LogP contribution is 2.34. The molecule has 18 heavy (non-hydrogen) atoms. The van der Waals surface area contributed by atoms with Crippen LogP contribution in [0.5, 0.6) is 0 Å². The van der Waals surface area contributed by atoms with Crippen molar-refractivity contribution in [3.8, 4) is 0 Å². The summed E-state index contributed by atoms with van der Waals surface area (Å²) in [5, 5.41) is 0. The van der Waals surface area contributed by atoms with Crippen LogP contribution in [0.25, 0.3) is 17.1 Å². The summed E-state index contributed by atoms with van der Waals surface area (Å²) < 4.78 is 0. The van der Waals surface area contributed by atoms with E-state index in [2.05, 4.69) is 52.5 Å². The molecular formula is C16H12N2. The Hall–Kier alpha value is -2.35. The minimum atomic E-state index is 0.258. The fraction of sp³-hybridized carbons (Fsp3) is 0.0625. The van der Waals surface area contributed by atoms with Gasteiger partial charge in [-0.15, -0.1) is 0 Å². The summed E-state index contributed by atoms with van der Waals surface area (Å²) in [6.07, 6.45) is 4.38. The molecule has 4 rings (SSSR count). The highest BCUT2D eigenvalue weighted by atomic mass is 14.9. The maximum absolute atomic E-state index is 4.69. The van der Waals surface area contributed by atoms with Gasteiger partial charge in [0.2, 0.25) is 0 Å². The van der Waals surface area contributed by atoms with Crippen LogP contribution in [0.2, 0.25) is 0 Å². The summed E-state index contributed by atoms with van der Waals surface area (Å²) in [5.74, 6) is 1.28. The number of allylic oxidation sites excluding steroid dienone is 1. The zero-order valence-corrected chi connectivity index (χ0v) is 9.80. The summed E-state index contributed by atoms with van der Waals surface area (Å²) in [6.45, 7) is 0. The van der Waals surface area contributed by atoms with Gasteiger partial charge in [0.05, 0.1) is 17.0 Å². The molecule has 0 amide bonds. The number of rotatable bonds is 1. The van der Waals surface area contributed by atoms with Gasteiger partial charge in [-0.1, -0.05) is 48.6 Å². The number of para-hydroxylation sites is 2. The standard InChI is InChI=1S/C16H12N2/c1-2-6-12-11(5-1)9-10-13(12)16-17-14-7-3-4-8-15(14)18-16/h1-10,13H,(H,17,18). The van der Waals surface area contributed by atoms with E-state index in [9.17, 15) is 0 Å². The Labute approximate surface area is 105 Å². The van der Waals surface area contributed by atoms with Crippen LogP contribution < -0.4 is 0 Å². The zero-order chi connectivity index (χ0) is 11.9. The van der Waals surface area contributed by atoms with E-state index in [0.717, 1.165) is 16.9 Å². The molecule has 0 bridgehead atoms. The van der Waals surface area contributed by atoms with Gasteiger partial charge in [0.1, 0.15) is 5.82 Å². The minimum absolute atomic E-state index is 0.258. The molecule has 0 spiro atoms. The van der Waals surface area contributed by atoms with Crippen LogP contribution in [0.1, 0.15) is 22.9 Å². The summed E-state index contributed by atoms with van der Waals surface area (Å²) in [7, 11) is 0. The van der Waals surface area contributed by atoms with E-state index in [1.165, 1.54) is 11.1 Å². The number of aromatic nitrogens is 2. The third-order valence-electron chi connectivity index (χ3n) is 3.50. The van der Waals surface area contributed by atoms with Crippen LogP contribution in [0.4, 0.5) is 0 Å². The molecule has 0 radical (unpaired) electrons. The quantitative estimate of drug-likeness (QED) is 0.680. The number of aromatic amines is 1. The number of H-pyrrole nitrogens is 1. The molecule has 1 aliphatic rings. The molecule has 2 heteroatoms. The lowest BCUT2D eigenvalue weighted by Crippen LogP contribution is -1.97. The molecule has 1 aliphatic carbocycles. The van der Waals surface area contributed by atoms with Crippen molar-refractivity contribution in [3.63, 3.8) is 0 Å². The monoisotopic (exact) mass is 232 g/mol. The second-order valence-electron chi connectivity index (χ2n) is 4.60. The van der Waals surface area contributed by atoms with Gasteiger partial charge in [0, 0.05) is 0 Å². The molecule has 1 heterocycles. The molecule has 86 valence electrons. The lowest BCUT2D eigenvalue weighted by molar-refractivity contribution is 0.939. The van der Waals surface area contributed by atoms with Crippen LogP contribution in [-0.4, -0.2) is 9.97 Å². The number of fused-ring (bicyclic) bond motifs is 2. The van der Waals surface area contributed by atoms with Crippen LogP contribution >= 0.6 is 0 Å². The third-order valence-corrected chi connectivity index (χ3v) is 3.50. The smallest absolute Gasteiger partial charge is 0.118 e. The average molecular weight is 232 g/mol. The molecule has 2 nitrogen and oxygen atoms in total. The van der Waals surface area contributed by atoms with Crippen LogP contribution in [0, 0.1) is 0 Å². The van der Waals surface area contributed by atoms with E-state index in [1.54, 1.807) is 0 Å². The highest BCUT2D eigenvalue weighted by Gasteiger charge is 2.21. The van der Waals surface area contributed by atoms with Gasteiger partial charge in [-0.3, -0.25) is 0 Å². The van der Waals surface area contributed by atoms with Crippen molar-refractivity contribution in [2.75, 3.05) is 0 Å². The Kier molecular flexibility index (Phi) is 1.92. The number of imidazole rings is 1. The number of nitrogens with one attached hydrogen (secondary N) is 1. The summed E-state index contributed by atoms with van der Waals surface area (Å²) in [4.78, 5) is 8.10. The van der Waals surface area contributed by atoms with Gasteiger partial charge < -0.3 is 4.98 Å². The largest absolute Gasteiger partial charge is 0.341 e. The zero-order valence-electron chi connectivity index (χ0n) is 9.80. The van der Waals surface area contributed by atoms with Gasteiger partial charge in [-0.2, -0.15) is 0 Å². The van der Waals surface area contributed by atoms with Crippen LogP contribution in [0.3, 0.4) is 0 Å². The molecule has 1 aromatic heterocycles. The fourth-order valence-corrected chi connectivity index (χ4v) is 2.61. The highest BCUT2D eigenvalue weighted by molar-refractivity contribution is 5.76. The fourth-order valence-electron chi connectivity index (χ4n) is 2.61. The van der Waals surface area contributed by atoms with Crippen molar-refractivity contribution in [1.29, 1.82) is 0 Å². The topological polar surface area (TPSA) is 28.7 Å². The maximum atomic E-state index is 4.69. The Morgan fingerprint density at radius 2 is 1.78 bits per heavy atom. The van der Waals surface area contributed by atoms with Crippen molar-refractivity contribution >= 4 is 17.1 Å². The Morgan fingerprint density at radius 1 is 0.944 bits per heavy atom. The maximum Gasteiger partial charge on any atom is 0.118 e. The van der Waals surface area contributed by atoms with Gasteiger partial charge in [0.15, 0.2) is 0 Å². The summed E-state index contributed by atoms with van der Waals surface area (Å²) in [5.41, 5.74) is 4.76. The first-order valence-corrected chi connectivity index (χ1v) is 6.13. The van der Waals surface area contributed by atoms with Gasteiger partial charge in [0.25, 0.3) is 0 Å². The lowest BCUT2D eigenvalue weighted by Gasteiger charge is -2.07. The predicted octanol–water partition coefficient (Wildman–Crippen LogP) is 3.72. The molecule has 0 saturated heterocycles. The number of hydrogen-bond acceptors (Lipinski definition) is 1. The van der Waals surface area contributed by atoms with Crippen molar-refractivity contribution in [1.82, 2.24) is 9.97 Å². The van der Waals surface area contributed by atoms with Crippen molar-refractivity contribution in [2.45, 2.75) is 5.92 Å². The summed E-state index contributed by atoms with van der Waals surface area (Å²) >= 11 is 0. The van der Waals surface area contributed by atoms with Crippen molar-refractivity contribution in [2.24, 2.45) is 0 Å². The molecule has 1 N–H and O–H groups in total. The Morgan fingerprint density at radius 3 is 2.72 bits per heavy atom. The molecule has 0 saturated carbocycles. The number of benzene rings is 2. The van der Waals surface area contributed by atoms with Crippen LogP contribution in [0.15, 0.2) is 54.6 Å². The number of nitrogens with zero attached hydrogens (tertiary/aromatic N) is 1. The van der Waals surface area contributed by atoms with E-state index in [-0.39, 0.29) is 5.92 Å². The molecule has 1 unspecified atom stereocenters. The van der Waals surface area contributed by atoms with E-state index < -0.39 is 0 Å². The molecule has 2 aromatic carbocycles. The normalized spacial score (nSPS) is 17.2. The molecule has 0 fully saturated rings. The first kappa shape index (κ1) is 9.66. The molecule has 3 aromatic rings. The molecule has 1 atom stereocenters. The third kappa shape index (κ3) is 1.32. The van der Waals surface area contributed by atoms with E-state index in [0.29, 0.717) is 0 Å². The van der Waals surface area contributed by atoms with E-state index in [1.807, 2.05) is 18.2 Å².